The highest BCUT2D eigenvalue weighted by Gasteiger charge is 2.24. The Labute approximate surface area is 161 Å². The summed E-state index contributed by atoms with van der Waals surface area (Å²) in [6.45, 7) is 0.224. The van der Waals surface area contributed by atoms with E-state index in [-0.39, 0.29) is 17.8 Å². The van der Waals surface area contributed by atoms with E-state index in [9.17, 15) is 8.78 Å². The van der Waals surface area contributed by atoms with E-state index in [1.54, 1.807) is 24.4 Å². The van der Waals surface area contributed by atoms with Crippen LogP contribution in [-0.2, 0) is 6.54 Å². The lowest BCUT2D eigenvalue weighted by molar-refractivity contribution is 0.579. The van der Waals surface area contributed by atoms with Crippen LogP contribution in [0.4, 0.5) is 8.78 Å². The summed E-state index contributed by atoms with van der Waals surface area (Å²) in [5.41, 5.74) is 2.81. The number of halogens is 4. The molecule has 0 radical (unpaired) electrons. The summed E-state index contributed by atoms with van der Waals surface area (Å²) in [4.78, 5) is 13.1. The van der Waals surface area contributed by atoms with Crippen molar-refractivity contribution >= 4 is 39.9 Å². The molecule has 7 heteroatoms. The maximum absolute atomic E-state index is 14.4. The van der Waals surface area contributed by atoms with Crippen molar-refractivity contribution in [3.63, 3.8) is 0 Å². The highest BCUT2D eigenvalue weighted by molar-refractivity contribution is 14.1. The Morgan fingerprint density at radius 2 is 1.80 bits per heavy atom. The lowest BCUT2D eigenvalue weighted by Crippen LogP contribution is -2.10. The minimum atomic E-state index is -0.670. The third kappa shape index (κ3) is 2.93. The molecule has 124 valence electrons. The molecule has 0 aliphatic carbocycles. The lowest BCUT2D eigenvalue weighted by atomic mass is 9.95. The van der Waals surface area contributed by atoms with Crippen LogP contribution in [0.3, 0.4) is 0 Å². The Kier molecular flexibility index (Phi) is 4.24. The van der Waals surface area contributed by atoms with Gasteiger partial charge in [0.15, 0.2) is 3.83 Å². The van der Waals surface area contributed by atoms with Gasteiger partial charge in [-0.15, -0.1) is 0 Å². The van der Waals surface area contributed by atoms with Gasteiger partial charge >= 0.3 is 0 Å². The van der Waals surface area contributed by atoms with Crippen LogP contribution in [0.25, 0.3) is 11.3 Å². The largest absolute Gasteiger partial charge is 0.279 e. The van der Waals surface area contributed by atoms with Gasteiger partial charge in [0.25, 0.3) is 0 Å². The number of aromatic nitrogens is 2. The van der Waals surface area contributed by atoms with Crippen molar-refractivity contribution in [2.75, 3.05) is 0 Å². The van der Waals surface area contributed by atoms with E-state index in [1.165, 1.54) is 18.2 Å². The Morgan fingerprint density at radius 1 is 1.04 bits per heavy atom. The molecular formula is C18H9ClF2IN3. The van der Waals surface area contributed by atoms with Crippen LogP contribution in [-0.4, -0.2) is 15.7 Å². The number of hydrogen-bond donors (Lipinski definition) is 0. The van der Waals surface area contributed by atoms with E-state index in [4.69, 9.17) is 11.6 Å². The van der Waals surface area contributed by atoms with Gasteiger partial charge < -0.3 is 0 Å². The molecule has 1 aliphatic heterocycles. The van der Waals surface area contributed by atoms with Crippen molar-refractivity contribution in [1.29, 1.82) is 0 Å². The van der Waals surface area contributed by atoms with E-state index in [0.29, 0.717) is 20.1 Å². The van der Waals surface area contributed by atoms with Crippen LogP contribution >= 0.6 is 34.2 Å². The first-order chi connectivity index (χ1) is 12.0. The van der Waals surface area contributed by atoms with Crippen molar-refractivity contribution < 1.29 is 8.78 Å². The molecule has 0 unspecified atom stereocenters. The first-order valence-electron chi connectivity index (χ1n) is 7.35. The van der Waals surface area contributed by atoms with E-state index >= 15 is 0 Å². The average molecular weight is 468 g/mol. The van der Waals surface area contributed by atoms with E-state index in [2.05, 4.69) is 15.0 Å². The summed E-state index contributed by atoms with van der Waals surface area (Å²) in [6.07, 6.45) is 1.69. The fraction of sp³-hybridized carbons (Fsp3) is 0.0556. The van der Waals surface area contributed by atoms with Gasteiger partial charge in [-0.2, -0.15) is 0 Å². The fourth-order valence-corrected chi connectivity index (χ4v) is 3.39. The highest BCUT2D eigenvalue weighted by atomic mass is 127. The molecule has 3 aromatic rings. The molecule has 4 rings (SSSR count). The van der Waals surface area contributed by atoms with Crippen LogP contribution in [0.1, 0.15) is 16.7 Å². The Morgan fingerprint density at radius 3 is 2.56 bits per heavy atom. The number of aliphatic imine (C=N–C) groups is 1. The molecule has 0 bridgehead atoms. The summed E-state index contributed by atoms with van der Waals surface area (Å²) >= 11 is 8.17. The van der Waals surface area contributed by atoms with Crippen molar-refractivity contribution in [1.82, 2.24) is 9.97 Å². The Bertz CT molecular complexity index is 1020. The van der Waals surface area contributed by atoms with Crippen LogP contribution in [0.2, 0.25) is 5.02 Å². The number of fused-ring (bicyclic) bond motifs is 3. The third-order valence-electron chi connectivity index (χ3n) is 3.93. The van der Waals surface area contributed by atoms with Gasteiger partial charge in [-0.25, -0.2) is 18.7 Å². The molecule has 0 amide bonds. The number of hydrogen-bond acceptors (Lipinski definition) is 3. The zero-order chi connectivity index (χ0) is 17.6. The second-order valence-electron chi connectivity index (χ2n) is 5.46. The second-order valence-corrected chi connectivity index (χ2v) is 6.87. The molecule has 1 aliphatic rings. The third-order valence-corrected chi connectivity index (χ3v) is 4.69. The molecule has 2 aromatic carbocycles. The molecule has 0 atom stereocenters. The van der Waals surface area contributed by atoms with Gasteiger partial charge in [-0.05, 0) is 24.3 Å². The molecule has 1 aromatic heterocycles. The Balaban J connectivity index is 2.04. The first kappa shape index (κ1) is 16.5. The van der Waals surface area contributed by atoms with Crippen molar-refractivity contribution in [3.05, 3.63) is 79.8 Å². The number of rotatable bonds is 1. The predicted molar refractivity (Wildman–Crippen MR) is 101 cm³/mol. The summed E-state index contributed by atoms with van der Waals surface area (Å²) in [5, 5.41) is 0.454. The maximum Gasteiger partial charge on any atom is 0.191 e. The minimum absolute atomic E-state index is 0.165. The van der Waals surface area contributed by atoms with E-state index in [1.807, 2.05) is 22.6 Å². The molecule has 0 N–H and O–H groups in total. The molecule has 25 heavy (non-hydrogen) atoms. The monoisotopic (exact) mass is 467 g/mol. The molecule has 0 spiro atoms. The van der Waals surface area contributed by atoms with Crippen LogP contribution in [0, 0.1) is 15.5 Å². The number of benzene rings is 2. The van der Waals surface area contributed by atoms with Crippen molar-refractivity contribution in [3.8, 4) is 11.3 Å². The van der Waals surface area contributed by atoms with Gasteiger partial charge in [-0.1, -0.05) is 23.7 Å². The molecule has 0 saturated heterocycles. The zero-order valence-corrected chi connectivity index (χ0v) is 15.5. The molecule has 0 fully saturated rings. The van der Waals surface area contributed by atoms with Gasteiger partial charge in [0.1, 0.15) is 11.6 Å². The summed E-state index contributed by atoms with van der Waals surface area (Å²) in [5.74, 6) is -1.34. The fourth-order valence-electron chi connectivity index (χ4n) is 2.84. The molecule has 2 heterocycles. The van der Waals surface area contributed by atoms with Crippen molar-refractivity contribution in [2.24, 2.45) is 4.99 Å². The average Bonchev–Trinajstić information content (AvgIpc) is 2.72. The standard InChI is InChI=1S/C18H9ClF2IN3/c19-10-4-5-11-12(6-10)17(15-13(20)2-1-3-14(15)21)23-7-9-8-24-18(22)25-16(9)11/h1-6,8H,7H2. The van der Waals surface area contributed by atoms with Gasteiger partial charge in [0.2, 0.25) is 0 Å². The highest BCUT2D eigenvalue weighted by Crippen LogP contribution is 2.34. The minimum Gasteiger partial charge on any atom is -0.279 e. The van der Waals surface area contributed by atoms with Crippen LogP contribution in [0.5, 0.6) is 0 Å². The second kappa shape index (κ2) is 6.42. The number of nitrogens with zero attached hydrogens (tertiary/aromatic N) is 3. The molecular weight excluding hydrogens is 459 g/mol. The summed E-state index contributed by atoms with van der Waals surface area (Å²) < 4.78 is 29.3. The zero-order valence-electron chi connectivity index (χ0n) is 12.6. The SMILES string of the molecule is Fc1cccc(F)c1C1=NCc2cnc(I)nc2-c2ccc(Cl)cc21. The van der Waals surface area contributed by atoms with Gasteiger partial charge in [-0.3, -0.25) is 4.99 Å². The normalized spacial score (nSPS) is 12.9. The van der Waals surface area contributed by atoms with Crippen LogP contribution in [0.15, 0.2) is 47.6 Å². The summed E-state index contributed by atoms with van der Waals surface area (Å²) in [7, 11) is 0. The lowest BCUT2D eigenvalue weighted by Gasteiger charge is -2.12. The molecule has 3 nitrogen and oxygen atoms in total. The first-order valence-corrected chi connectivity index (χ1v) is 8.81. The Hall–Kier alpha value is -1.93. The summed E-state index contributed by atoms with van der Waals surface area (Å²) in [6, 6.07) is 8.93. The smallest absolute Gasteiger partial charge is 0.191 e. The van der Waals surface area contributed by atoms with E-state index < -0.39 is 11.6 Å². The van der Waals surface area contributed by atoms with Crippen LogP contribution < -0.4 is 0 Å². The quantitative estimate of drug-likeness (QED) is 0.372. The van der Waals surface area contributed by atoms with Gasteiger partial charge in [0, 0.05) is 50.5 Å². The van der Waals surface area contributed by atoms with Crippen molar-refractivity contribution in [2.45, 2.75) is 6.54 Å². The molecule has 0 saturated carbocycles. The predicted octanol–water partition coefficient (Wildman–Crippen LogP) is 5.03. The topological polar surface area (TPSA) is 38.1 Å². The maximum atomic E-state index is 14.4. The van der Waals surface area contributed by atoms with Gasteiger partial charge in [0.05, 0.1) is 23.5 Å². The van der Waals surface area contributed by atoms with E-state index in [0.717, 1.165) is 11.1 Å².